The van der Waals surface area contributed by atoms with Crippen LogP contribution in [-0.4, -0.2) is 28.7 Å². The van der Waals surface area contributed by atoms with Crippen LogP contribution in [0, 0.1) is 34.5 Å². The van der Waals surface area contributed by atoms with Crippen molar-refractivity contribution in [2.45, 2.75) is 53.1 Å². The van der Waals surface area contributed by atoms with Crippen LogP contribution in [0.4, 0.5) is 11.8 Å². The first-order valence-electron chi connectivity index (χ1n) is 7.97. The van der Waals surface area contributed by atoms with E-state index in [-0.39, 0.29) is 23.4 Å². The largest absolute Gasteiger partial charge is 0.480 e. The average molecular weight is 330 g/mol. The molecule has 0 radical (unpaired) electrons. The van der Waals surface area contributed by atoms with Crippen LogP contribution < -0.4 is 15.4 Å². The van der Waals surface area contributed by atoms with Crippen molar-refractivity contribution in [1.29, 1.82) is 10.5 Å². The molecular formula is C17H26N6O. The Balaban J connectivity index is 3.36. The first-order chi connectivity index (χ1) is 11.1. The second-order valence-electron chi connectivity index (χ2n) is 6.91. The van der Waals surface area contributed by atoms with Crippen molar-refractivity contribution < 1.29 is 4.74 Å². The van der Waals surface area contributed by atoms with E-state index in [9.17, 15) is 10.5 Å². The summed E-state index contributed by atoms with van der Waals surface area (Å²) < 4.78 is 5.23. The summed E-state index contributed by atoms with van der Waals surface area (Å²) in [6.45, 7) is 11.9. The van der Waals surface area contributed by atoms with Crippen LogP contribution in [0.15, 0.2) is 0 Å². The number of methoxy groups -OCH3 is 1. The van der Waals surface area contributed by atoms with Crippen molar-refractivity contribution in [2.24, 2.45) is 11.8 Å². The number of aromatic nitrogens is 2. The highest BCUT2D eigenvalue weighted by atomic mass is 16.5. The van der Waals surface area contributed by atoms with E-state index in [0.29, 0.717) is 17.7 Å². The van der Waals surface area contributed by atoms with Crippen LogP contribution in [0.3, 0.4) is 0 Å². The SMILES string of the molecule is COc1nc(NC(C)(C)C#N)nc(NC(C(C)C)C(C)C)c1C#N. The van der Waals surface area contributed by atoms with E-state index in [0.717, 1.165) is 0 Å². The highest BCUT2D eigenvalue weighted by Crippen LogP contribution is 2.27. The standard InChI is InChI=1S/C17H26N6O/c1-10(2)13(11(3)4)20-14-12(8-18)15(24-7)22-16(21-14)23-17(5,6)9-19/h10-11,13H,1-7H3,(H2,20,21,22,23). The summed E-state index contributed by atoms with van der Waals surface area (Å²) in [6, 6.07) is 4.37. The van der Waals surface area contributed by atoms with Crippen LogP contribution >= 0.6 is 0 Å². The van der Waals surface area contributed by atoms with E-state index >= 15 is 0 Å². The van der Waals surface area contributed by atoms with Gasteiger partial charge in [0, 0.05) is 6.04 Å². The normalized spacial score (nSPS) is 11.3. The molecule has 0 aromatic carbocycles. The number of nitrogens with one attached hydrogen (secondary N) is 2. The first kappa shape index (κ1) is 19.5. The third-order valence-corrected chi connectivity index (χ3v) is 3.62. The Morgan fingerprint density at radius 3 is 2.08 bits per heavy atom. The first-order valence-corrected chi connectivity index (χ1v) is 7.97. The van der Waals surface area contributed by atoms with Gasteiger partial charge >= 0.3 is 0 Å². The van der Waals surface area contributed by atoms with E-state index in [1.165, 1.54) is 7.11 Å². The Morgan fingerprint density at radius 2 is 1.67 bits per heavy atom. The smallest absolute Gasteiger partial charge is 0.238 e. The molecule has 0 bridgehead atoms. The van der Waals surface area contributed by atoms with Gasteiger partial charge in [0.1, 0.15) is 11.6 Å². The Kier molecular flexibility index (Phi) is 6.36. The molecule has 0 fully saturated rings. The maximum atomic E-state index is 9.47. The van der Waals surface area contributed by atoms with Crippen molar-refractivity contribution in [1.82, 2.24) is 9.97 Å². The zero-order valence-electron chi connectivity index (χ0n) is 15.4. The topological polar surface area (TPSA) is 107 Å². The van der Waals surface area contributed by atoms with Gasteiger partial charge < -0.3 is 15.4 Å². The summed E-state index contributed by atoms with van der Waals surface area (Å²) >= 11 is 0. The molecule has 0 unspecified atom stereocenters. The van der Waals surface area contributed by atoms with Crippen molar-refractivity contribution >= 4 is 11.8 Å². The predicted molar refractivity (Wildman–Crippen MR) is 93.7 cm³/mol. The maximum Gasteiger partial charge on any atom is 0.238 e. The molecule has 0 spiro atoms. The van der Waals surface area contributed by atoms with E-state index in [4.69, 9.17) is 4.74 Å². The molecule has 1 heterocycles. The third kappa shape index (κ3) is 4.73. The third-order valence-electron chi connectivity index (χ3n) is 3.62. The van der Waals surface area contributed by atoms with E-state index in [1.807, 2.05) is 0 Å². The summed E-state index contributed by atoms with van der Waals surface area (Å²) in [7, 11) is 1.45. The van der Waals surface area contributed by atoms with Gasteiger partial charge in [-0.2, -0.15) is 20.5 Å². The van der Waals surface area contributed by atoms with Crippen LogP contribution in [-0.2, 0) is 0 Å². The van der Waals surface area contributed by atoms with Crippen molar-refractivity contribution in [3.8, 4) is 18.0 Å². The Labute approximate surface area is 144 Å². The predicted octanol–water partition coefficient (Wildman–Crippen LogP) is 3.16. The van der Waals surface area contributed by atoms with Crippen LogP contribution in [0.5, 0.6) is 5.88 Å². The number of rotatable bonds is 7. The summed E-state index contributed by atoms with van der Waals surface area (Å²) in [5, 5.41) is 24.9. The lowest BCUT2D eigenvalue weighted by Crippen LogP contribution is -2.33. The van der Waals surface area contributed by atoms with Gasteiger partial charge in [-0.3, -0.25) is 0 Å². The minimum atomic E-state index is -0.841. The monoisotopic (exact) mass is 330 g/mol. The molecule has 0 aliphatic carbocycles. The van der Waals surface area contributed by atoms with Gasteiger partial charge in [-0.15, -0.1) is 0 Å². The minimum Gasteiger partial charge on any atom is -0.480 e. The zero-order chi connectivity index (χ0) is 18.5. The summed E-state index contributed by atoms with van der Waals surface area (Å²) in [6.07, 6.45) is 0. The molecule has 0 aliphatic rings. The molecule has 130 valence electrons. The average Bonchev–Trinajstić information content (AvgIpc) is 2.50. The van der Waals surface area contributed by atoms with Gasteiger partial charge in [-0.25, -0.2) is 0 Å². The van der Waals surface area contributed by atoms with Crippen LogP contribution in [0.1, 0.15) is 47.1 Å². The van der Waals surface area contributed by atoms with E-state index in [1.54, 1.807) is 13.8 Å². The molecule has 2 N–H and O–H groups in total. The molecule has 1 aromatic heterocycles. The fourth-order valence-electron chi connectivity index (χ4n) is 2.42. The molecule has 0 saturated heterocycles. The summed E-state index contributed by atoms with van der Waals surface area (Å²) in [4.78, 5) is 8.60. The molecule has 1 aromatic rings. The molecule has 0 aliphatic heterocycles. The number of nitrogens with zero attached hydrogens (tertiary/aromatic N) is 4. The van der Waals surface area contributed by atoms with Crippen molar-refractivity contribution in [3.63, 3.8) is 0 Å². The fraction of sp³-hybridized carbons (Fsp3) is 0.647. The zero-order valence-corrected chi connectivity index (χ0v) is 15.4. The Morgan fingerprint density at radius 1 is 1.08 bits per heavy atom. The number of hydrogen-bond acceptors (Lipinski definition) is 7. The van der Waals surface area contributed by atoms with Gasteiger partial charge in [0.15, 0.2) is 11.4 Å². The summed E-state index contributed by atoms with van der Waals surface area (Å²) in [5.74, 6) is 1.53. The van der Waals surface area contributed by atoms with Gasteiger partial charge in [0.2, 0.25) is 11.8 Å². The molecule has 1 rings (SSSR count). The second kappa shape index (κ2) is 7.83. The lowest BCUT2D eigenvalue weighted by atomic mass is 9.93. The summed E-state index contributed by atoms with van der Waals surface area (Å²) in [5.41, 5.74) is -0.588. The molecule has 0 saturated carbocycles. The molecule has 0 atom stereocenters. The molecule has 0 amide bonds. The molecule has 7 nitrogen and oxygen atoms in total. The van der Waals surface area contributed by atoms with Gasteiger partial charge in [0.05, 0.1) is 13.2 Å². The van der Waals surface area contributed by atoms with Gasteiger partial charge in [0.25, 0.3) is 0 Å². The number of nitriles is 2. The maximum absolute atomic E-state index is 9.47. The van der Waals surface area contributed by atoms with Crippen LogP contribution in [0.2, 0.25) is 0 Å². The Bertz CT molecular complexity index is 646. The van der Waals surface area contributed by atoms with Gasteiger partial charge in [-0.1, -0.05) is 27.7 Å². The van der Waals surface area contributed by atoms with Crippen molar-refractivity contribution in [2.75, 3.05) is 17.7 Å². The quantitative estimate of drug-likeness (QED) is 0.790. The molecular weight excluding hydrogens is 304 g/mol. The van der Waals surface area contributed by atoms with Gasteiger partial charge in [-0.05, 0) is 25.7 Å². The number of anilines is 2. The highest BCUT2D eigenvalue weighted by Gasteiger charge is 2.24. The second-order valence-corrected chi connectivity index (χ2v) is 6.91. The molecule has 24 heavy (non-hydrogen) atoms. The lowest BCUT2D eigenvalue weighted by Gasteiger charge is -2.27. The number of ether oxygens (including phenoxy) is 1. The van der Waals surface area contributed by atoms with Crippen molar-refractivity contribution in [3.05, 3.63) is 5.56 Å². The molecule has 7 heteroatoms. The van der Waals surface area contributed by atoms with E-state index < -0.39 is 5.54 Å². The van der Waals surface area contributed by atoms with E-state index in [2.05, 4.69) is 60.4 Å². The Hall–Kier alpha value is -2.54. The number of hydrogen-bond donors (Lipinski definition) is 2. The highest BCUT2D eigenvalue weighted by molar-refractivity contribution is 5.60. The minimum absolute atomic E-state index is 0.133. The fourth-order valence-corrected chi connectivity index (χ4v) is 2.42. The lowest BCUT2D eigenvalue weighted by molar-refractivity contribution is 0.393. The van der Waals surface area contributed by atoms with Crippen LogP contribution in [0.25, 0.3) is 0 Å².